The number of hydrogen-bond donors (Lipinski definition) is 3. The average Bonchev–Trinajstić information content (AvgIpc) is 3.27. The van der Waals surface area contributed by atoms with E-state index < -0.39 is 55.5 Å². The molecule has 10 nitrogen and oxygen atoms in total. The number of nitriles is 1. The smallest absolute Gasteiger partial charge is 0.252 e. The molecular weight excluding hydrogens is 541 g/mol. The van der Waals surface area contributed by atoms with Gasteiger partial charge >= 0.3 is 0 Å². The van der Waals surface area contributed by atoms with Crippen LogP contribution in [0.2, 0.25) is 5.02 Å². The molecule has 37 heavy (non-hydrogen) atoms. The van der Waals surface area contributed by atoms with Crippen LogP contribution in [0.1, 0.15) is 50.4 Å². The Labute approximate surface area is 227 Å². The number of nitrogens with two attached hydrogens (primary N) is 1. The van der Waals surface area contributed by atoms with Crippen LogP contribution in [-0.4, -0.2) is 62.0 Å². The molecule has 1 aliphatic heterocycles. The van der Waals surface area contributed by atoms with Crippen molar-refractivity contribution in [2.75, 3.05) is 18.5 Å². The second-order valence-electron chi connectivity index (χ2n) is 9.92. The Balaban J connectivity index is 2.26. The minimum Gasteiger partial charge on any atom is -0.398 e. The lowest BCUT2D eigenvalue weighted by Crippen LogP contribution is -2.58. The van der Waals surface area contributed by atoms with Crippen molar-refractivity contribution in [2.45, 2.75) is 58.2 Å². The summed E-state index contributed by atoms with van der Waals surface area (Å²) in [6.45, 7) is 5.66. The molecule has 0 aromatic heterocycles. The Morgan fingerprint density at radius 1 is 1.30 bits per heavy atom. The molecule has 1 heterocycles. The van der Waals surface area contributed by atoms with Gasteiger partial charge < -0.3 is 21.3 Å². The first-order chi connectivity index (χ1) is 17.1. The number of halogens is 2. The molecule has 3 amide bonds. The minimum absolute atomic E-state index is 0.208. The predicted octanol–water partition coefficient (Wildman–Crippen LogP) is 2.58. The van der Waals surface area contributed by atoms with Crippen LogP contribution in [0.15, 0.2) is 28.6 Å². The highest BCUT2D eigenvalue weighted by Gasteiger charge is 2.42. The molecule has 0 unspecified atom stereocenters. The van der Waals surface area contributed by atoms with Crippen LogP contribution >= 0.6 is 23.2 Å². The highest BCUT2D eigenvalue weighted by Crippen LogP contribution is 2.27. The molecule has 0 aliphatic carbocycles. The lowest BCUT2D eigenvalue weighted by Gasteiger charge is -2.35. The van der Waals surface area contributed by atoms with Gasteiger partial charge in [0, 0.05) is 18.4 Å². The van der Waals surface area contributed by atoms with Crippen LogP contribution in [0.5, 0.6) is 0 Å². The minimum atomic E-state index is -3.72. The van der Waals surface area contributed by atoms with Gasteiger partial charge in [0.15, 0.2) is 9.84 Å². The second-order valence-corrected chi connectivity index (χ2v) is 12.9. The molecule has 2 rings (SSSR count). The molecule has 4 N–H and O–H groups in total. The Kier molecular flexibility index (Phi) is 9.99. The van der Waals surface area contributed by atoms with Gasteiger partial charge in [-0.25, -0.2) is 8.42 Å². The molecule has 0 bridgehead atoms. The van der Waals surface area contributed by atoms with Crippen molar-refractivity contribution < 1.29 is 22.8 Å². The van der Waals surface area contributed by atoms with Crippen molar-refractivity contribution in [1.82, 2.24) is 15.5 Å². The maximum atomic E-state index is 13.6. The van der Waals surface area contributed by atoms with Gasteiger partial charge in [0.25, 0.3) is 5.91 Å². The van der Waals surface area contributed by atoms with E-state index in [2.05, 4.69) is 10.6 Å². The number of benzene rings is 1. The van der Waals surface area contributed by atoms with Crippen molar-refractivity contribution >= 4 is 56.4 Å². The van der Waals surface area contributed by atoms with E-state index >= 15 is 0 Å². The molecule has 1 aromatic rings. The van der Waals surface area contributed by atoms with Gasteiger partial charge in [0.2, 0.25) is 11.8 Å². The predicted molar refractivity (Wildman–Crippen MR) is 142 cm³/mol. The van der Waals surface area contributed by atoms with Crippen molar-refractivity contribution in [3.8, 4) is 6.07 Å². The molecule has 1 aliphatic rings. The zero-order valence-corrected chi connectivity index (χ0v) is 23.4. The number of nitrogens with zero attached hydrogens (tertiary/aromatic N) is 2. The van der Waals surface area contributed by atoms with E-state index in [4.69, 9.17) is 34.2 Å². The lowest BCUT2D eigenvalue weighted by atomic mass is 9.85. The first-order valence-corrected chi connectivity index (χ1v) is 14.1. The van der Waals surface area contributed by atoms with Crippen LogP contribution in [-0.2, 0) is 19.4 Å². The van der Waals surface area contributed by atoms with Gasteiger partial charge in [-0.05, 0) is 42.5 Å². The van der Waals surface area contributed by atoms with Crippen LogP contribution < -0.4 is 16.4 Å². The molecule has 0 saturated carbocycles. The van der Waals surface area contributed by atoms with Crippen LogP contribution in [0, 0.1) is 16.7 Å². The first-order valence-electron chi connectivity index (χ1n) is 11.5. The number of anilines is 1. The fourth-order valence-electron chi connectivity index (χ4n) is 3.81. The summed E-state index contributed by atoms with van der Waals surface area (Å²) in [4.78, 5) is 41.1. The van der Waals surface area contributed by atoms with Crippen molar-refractivity contribution in [1.29, 1.82) is 5.26 Å². The number of amides is 3. The van der Waals surface area contributed by atoms with Gasteiger partial charge in [0.1, 0.15) is 16.4 Å². The van der Waals surface area contributed by atoms with Gasteiger partial charge in [-0.2, -0.15) is 5.26 Å². The fourth-order valence-corrected chi connectivity index (χ4v) is 4.56. The standard InChI is InChI=1S/C24H31Cl2N5O5S/c1-24(2,3)20(30-21(32)14-7-8-17(28)16(25)12-14)23(34)31-11-5-6-18(31)22(33)29-15(9-10-27)13-19(26)37(4,35)36/h7-8,12-13,15,18,20H,5-6,9,11,28H2,1-4H3,(H,29,33)(H,30,32)/b19-13+/t15-,18+,20+/m0/s1. The largest absolute Gasteiger partial charge is 0.398 e. The highest BCUT2D eigenvalue weighted by molar-refractivity contribution is 7.96. The van der Waals surface area contributed by atoms with E-state index in [1.165, 1.54) is 23.1 Å². The van der Waals surface area contributed by atoms with E-state index in [-0.39, 0.29) is 23.6 Å². The normalized spacial score (nSPS) is 18.0. The molecule has 1 fully saturated rings. The molecule has 0 radical (unpaired) electrons. The Bertz CT molecular complexity index is 1240. The van der Waals surface area contributed by atoms with Gasteiger partial charge in [-0.3, -0.25) is 14.4 Å². The van der Waals surface area contributed by atoms with E-state index in [0.29, 0.717) is 18.5 Å². The number of nitrogens with one attached hydrogen (secondary N) is 2. The number of likely N-dealkylation sites (tertiary alicyclic amines) is 1. The number of carbonyl (C=O) groups is 3. The molecule has 202 valence electrons. The quantitative estimate of drug-likeness (QED) is 0.403. The number of hydrogen-bond acceptors (Lipinski definition) is 7. The maximum absolute atomic E-state index is 13.6. The van der Waals surface area contributed by atoms with Crippen LogP contribution in [0.3, 0.4) is 0 Å². The number of sulfone groups is 1. The number of carbonyl (C=O) groups excluding carboxylic acids is 3. The van der Waals surface area contributed by atoms with E-state index in [0.717, 1.165) is 12.3 Å². The zero-order chi connectivity index (χ0) is 28.1. The summed E-state index contributed by atoms with van der Waals surface area (Å²) in [6.07, 6.45) is 2.69. The van der Waals surface area contributed by atoms with E-state index in [1.54, 1.807) is 20.8 Å². The SMILES string of the molecule is CC(C)(C)[C@H](NC(=O)c1ccc(N)c(Cl)c1)C(=O)N1CCC[C@@H]1C(=O)N[C@H](/C=C(\Cl)S(C)(=O)=O)CC#N. The summed E-state index contributed by atoms with van der Waals surface area (Å²) < 4.78 is 22.8. The topological polar surface area (TPSA) is 162 Å². The molecule has 1 saturated heterocycles. The molecular formula is C24H31Cl2N5O5S. The highest BCUT2D eigenvalue weighted by atomic mass is 35.5. The van der Waals surface area contributed by atoms with Crippen LogP contribution in [0.4, 0.5) is 5.69 Å². The number of nitrogen functional groups attached to an aromatic ring is 1. The Morgan fingerprint density at radius 3 is 2.49 bits per heavy atom. The summed E-state index contributed by atoms with van der Waals surface area (Å²) in [5.41, 5.74) is 5.55. The van der Waals surface area contributed by atoms with Crippen molar-refractivity contribution in [2.24, 2.45) is 5.41 Å². The van der Waals surface area contributed by atoms with Gasteiger partial charge in [-0.1, -0.05) is 44.0 Å². The number of rotatable bonds is 8. The van der Waals surface area contributed by atoms with Crippen molar-refractivity contribution in [3.63, 3.8) is 0 Å². The first kappa shape index (κ1) is 30.4. The zero-order valence-electron chi connectivity index (χ0n) is 21.0. The average molecular weight is 573 g/mol. The van der Waals surface area contributed by atoms with Crippen molar-refractivity contribution in [3.05, 3.63) is 39.2 Å². The lowest BCUT2D eigenvalue weighted by molar-refractivity contribution is -0.142. The van der Waals surface area contributed by atoms with E-state index in [1.807, 2.05) is 6.07 Å². The van der Waals surface area contributed by atoms with E-state index in [9.17, 15) is 22.8 Å². The third-order valence-corrected chi connectivity index (χ3v) is 7.95. The van der Waals surface area contributed by atoms with Gasteiger partial charge in [0.05, 0.1) is 29.2 Å². The summed E-state index contributed by atoms with van der Waals surface area (Å²) in [6, 6.07) is 3.47. The summed E-state index contributed by atoms with van der Waals surface area (Å²) in [5, 5.41) is 14.7. The second kappa shape index (κ2) is 12.2. The molecule has 1 aromatic carbocycles. The molecule has 3 atom stereocenters. The Hall–Kier alpha value is -2.81. The third-order valence-electron chi connectivity index (χ3n) is 5.81. The third kappa shape index (κ3) is 8.09. The molecule has 0 spiro atoms. The summed E-state index contributed by atoms with van der Waals surface area (Å²) in [7, 11) is -3.72. The monoisotopic (exact) mass is 571 g/mol. The summed E-state index contributed by atoms with van der Waals surface area (Å²) in [5.74, 6) is -1.52. The van der Waals surface area contributed by atoms with Crippen LogP contribution in [0.25, 0.3) is 0 Å². The van der Waals surface area contributed by atoms with Gasteiger partial charge in [-0.15, -0.1) is 0 Å². The summed E-state index contributed by atoms with van der Waals surface area (Å²) >= 11 is 11.8. The fraction of sp³-hybridized carbons (Fsp3) is 0.500. The Morgan fingerprint density at radius 2 is 1.95 bits per heavy atom. The molecule has 13 heteroatoms. The maximum Gasteiger partial charge on any atom is 0.252 e.